The van der Waals surface area contributed by atoms with Gasteiger partial charge in [0.2, 0.25) is 11.8 Å². The highest BCUT2D eigenvalue weighted by Gasteiger charge is 2.22. The minimum Gasteiger partial charge on any atom is -0.383 e. The van der Waals surface area contributed by atoms with Gasteiger partial charge in [-0.15, -0.1) is 11.3 Å². The van der Waals surface area contributed by atoms with Crippen LogP contribution in [0.5, 0.6) is 0 Å². The van der Waals surface area contributed by atoms with Crippen molar-refractivity contribution in [3.05, 3.63) is 94.1 Å². The molecule has 0 radical (unpaired) electrons. The molecule has 36 heavy (non-hydrogen) atoms. The average Bonchev–Trinajstić information content (AvgIpc) is 3.55. The van der Waals surface area contributed by atoms with Crippen molar-refractivity contribution in [3.8, 4) is 0 Å². The number of hydrogen-bond donors (Lipinski definition) is 1. The van der Waals surface area contributed by atoms with Crippen LogP contribution >= 0.6 is 11.3 Å². The lowest BCUT2D eigenvalue weighted by Gasteiger charge is -2.28. The number of carbonyl (C=O) groups excluding carboxylic acids is 2. The third kappa shape index (κ3) is 6.80. The molecule has 0 bridgehead atoms. The molecule has 6 nitrogen and oxygen atoms in total. The quantitative estimate of drug-likeness (QED) is 0.303. The number of amides is 2. The van der Waals surface area contributed by atoms with E-state index in [1.54, 1.807) is 29.0 Å². The number of benzene rings is 2. The number of rotatable bonds is 12. The van der Waals surface area contributed by atoms with E-state index >= 15 is 0 Å². The number of nitrogens with one attached hydrogen (secondary N) is 1. The van der Waals surface area contributed by atoms with E-state index in [1.807, 2.05) is 41.9 Å². The van der Waals surface area contributed by atoms with Gasteiger partial charge >= 0.3 is 0 Å². The van der Waals surface area contributed by atoms with Gasteiger partial charge in [0.05, 0.1) is 19.6 Å². The second kappa shape index (κ2) is 12.5. The third-order valence-electron chi connectivity index (χ3n) is 6.12. The molecule has 1 N–H and O–H groups in total. The molecule has 0 aliphatic carbocycles. The normalized spacial score (nSPS) is 11.1. The fourth-order valence-electron chi connectivity index (χ4n) is 4.13. The molecule has 2 amide bonds. The van der Waals surface area contributed by atoms with E-state index in [1.165, 1.54) is 23.5 Å². The Morgan fingerprint density at radius 2 is 1.78 bits per heavy atom. The van der Waals surface area contributed by atoms with Gasteiger partial charge in [0.1, 0.15) is 5.82 Å². The van der Waals surface area contributed by atoms with Crippen molar-refractivity contribution < 1.29 is 18.7 Å². The Bertz CT molecular complexity index is 1270. The number of fused-ring (bicyclic) bond motifs is 1. The van der Waals surface area contributed by atoms with Crippen LogP contribution in [0.2, 0.25) is 0 Å². The number of aromatic amines is 1. The zero-order valence-electron chi connectivity index (χ0n) is 20.3. The predicted molar refractivity (Wildman–Crippen MR) is 140 cm³/mol. The van der Waals surface area contributed by atoms with Gasteiger partial charge in [0, 0.05) is 48.7 Å². The Labute approximate surface area is 214 Å². The molecule has 0 atom stereocenters. The number of carbonyl (C=O) groups is 2. The van der Waals surface area contributed by atoms with E-state index in [0.29, 0.717) is 32.7 Å². The number of methoxy groups -OCH3 is 1. The summed E-state index contributed by atoms with van der Waals surface area (Å²) < 4.78 is 18.6. The van der Waals surface area contributed by atoms with E-state index < -0.39 is 0 Å². The molecule has 8 heteroatoms. The van der Waals surface area contributed by atoms with Crippen LogP contribution in [0.3, 0.4) is 0 Å². The summed E-state index contributed by atoms with van der Waals surface area (Å²) in [5, 5.41) is 3.06. The summed E-state index contributed by atoms with van der Waals surface area (Å²) in [6.07, 6.45) is 2.88. The van der Waals surface area contributed by atoms with Gasteiger partial charge in [-0.05, 0) is 47.2 Å². The molecule has 4 aromatic rings. The molecule has 0 fully saturated rings. The fourth-order valence-corrected chi connectivity index (χ4v) is 4.82. The van der Waals surface area contributed by atoms with Crippen LogP contribution in [0.1, 0.15) is 16.0 Å². The van der Waals surface area contributed by atoms with Crippen LogP contribution in [-0.4, -0.2) is 59.9 Å². The zero-order chi connectivity index (χ0) is 25.3. The van der Waals surface area contributed by atoms with Crippen molar-refractivity contribution in [2.45, 2.75) is 19.4 Å². The Balaban J connectivity index is 1.50. The van der Waals surface area contributed by atoms with Gasteiger partial charge in [0.25, 0.3) is 0 Å². The Morgan fingerprint density at radius 1 is 0.972 bits per heavy atom. The summed E-state index contributed by atoms with van der Waals surface area (Å²) in [5.74, 6) is -0.587. The molecule has 0 spiro atoms. The topological polar surface area (TPSA) is 65.6 Å². The van der Waals surface area contributed by atoms with Gasteiger partial charge in [-0.1, -0.05) is 36.4 Å². The highest BCUT2D eigenvalue weighted by Crippen LogP contribution is 2.19. The molecular weight excluding hydrogens is 477 g/mol. The average molecular weight is 508 g/mol. The number of thiophene rings is 1. The molecule has 0 saturated heterocycles. The SMILES string of the molecule is COCCN(CC(=O)N(CCc1c[nH]c2ccccc12)Cc1ccc(F)cc1)C(=O)Cc1cccs1. The highest BCUT2D eigenvalue weighted by molar-refractivity contribution is 7.10. The molecule has 0 saturated carbocycles. The van der Waals surface area contributed by atoms with Crippen LogP contribution in [0.4, 0.5) is 4.39 Å². The first-order chi connectivity index (χ1) is 17.5. The van der Waals surface area contributed by atoms with Gasteiger partial charge in [0.15, 0.2) is 0 Å². The van der Waals surface area contributed by atoms with Gasteiger partial charge < -0.3 is 19.5 Å². The van der Waals surface area contributed by atoms with Crippen LogP contribution in [-0.2, 0) is 33.7 Å². The highest BCUT2D eigenvalue weighted by atomic mass is 32.1. The second-order valence-electron chi connectivity index (χ2n) is 8.62. The number of aromatic nitrogens is 1. The molecule has 0 unspecified atom stereocenters. The lowest BCUT2D eigenvalue weighted by atomic mass is 10.1. The van der Waals surface area contributed by atoms with Gasteiger partial charge in [-0.3, -0.25) is 9.59 Å². The summed E-state index contributed by atoms with van der Waals surface area (Å²) in [4.78, 5) is 34.1. The summed E-state index contributed by atoms with van der Waals surface area (Å²) in [6.45, 7) is 1.44. The molecule has 0 aliphatic rings. The molecule has 0 aliphatic heterocycles. The molecule has 4 rings (SSSR count). The Hall–Kier alpha value is -3.49. The zero-order valence-corrected chi connectivity index (χ0v) is 21.1. The summed E-state index contributed by atoms with van der Waals surface area (Å²) in [7, 11) is 1.58. The summed E-state index contributed by atoms with van der Waals surface area (Å²) in [6, 6.07) is 18.0. The maximum Gasteiger partial charge on any atom is 0.242 e. The fraction of sp³-hybridized carbons (Fsp3) is 0.286. The van der Waals surface area contributed by atoms with Crippen molar-refractivity contribution in [1.82, 2.24) is 14.8 Å². The van der Waals surface area contributed by atoms with E-state index in [-0.39, 0.29) is 30.6 Å². The summed E-state index contributed by atoms with van der Waals surface area (Å²) in [5.41, 5.74) is 3.00. The molecule has 2 aromatic heterocycles. The van der Waals surface area contributed by atoms with Crippen molar-refractivity contribution in [2.24, 2.45) is 0 Å². The van der Waals surface area contributed by atoms with E-state index in [0.717, 1.165) is 26.9 Å². The first kappa shape index (κ1) is 25.6. The van der Waals surface area contributed by atoms with Crippen molar-refractivity contribution in [1.29, 1.82) is 0 Å². The lowest BCUT2D eigenvalue weighted by molar-refractivity contribution is -0.141. The molecule has 2 aromatic carbocycles. The first-order valence-corrected chi connectivity index (χ1v) is 12.8. The van der Waals surface area contributed by atoms with E-state index in [9.17, 15) is 14.0 Å². The molecule has 188 valence electrons. The Morgan fingerprint density at radius 3 is 2.53 bits per heavy atom. The number of nitrogens with zero attached hydrogens (tertiary/aromatic N) is 2. The molecular formula is C28H30FN3O3S. The number of halogens is 1. The monoisotopic (exact) mass is 507 g/mol. The van der Waals surface area contributed by atoms with Crippen molar-refractivity contribution in [2.75, 3.05) is 33.4 Å². The standard InChI is InChI=1S/C28H30FN3O3S/c1-35-15-14-32(27(33)17-24-5-4-16-36-24)20-28(34)31(19-21-8-10-23(29)11-9-21)13-12-22-18-30-26-7-3-2-6-25(22)26/h2-11,16,18,30H,12-15,17,19-20H2,1H3. The van der Waals surface area contributed by atoms with Crippen LogP contribution in [0.15, 0.2) is 72.2 Å². The van der Waals surface area contributed by atoms with Crippen LogP contribution in [0, 0.1) is 5.82 Å². The predicted octanol–water partition coefficient (Wildman–Crippen LogP) is 4.66. The first-order valence-electron chi connectivity index (χ1n) is 11.9. The number of para-hydroxylation sites is 1. The van der Waals surface area contributed by atoms with Crippen molar-refractivity contribution in [3.63, 3.8) is 0 Å². The smallest absolute Gasteiger partial charge is 0.242 e. The molecule has 2 heterocycles. The van der Waals surface area contributed by atoms with Crippen molar-refractivity contribution >= 4 is 34.1 Å². The van der Waals surface area contributed by atoms with E-state index in [2.05, 4.69) is 11.1 Å². The minimum absolute atomic E-state index is 0.0390. The number of ether oxygens (including phenoxy) is 1. The maximum absolute atomic E-state index is 13.5. The van der Waals surface area contributed by atoms with Crippen LogP contribution < -0.4 is 0 Å². The summed E-state index contributed by atoms with van der Waals surface area (Å²) >= 11 is 1.52. The van der Waals surface area contributed by atoms with Crippen LogP contribution in [0.25, 0.3) is 10.9 Å². The number of hydrogen-bond acceptors (Lipinski definition) is 4. The number of H-pyrrole nitrogens is 1. The van der Waals surface area contributed by atoms with Gasteiger partial charge in [-0.25, -0.2) is 4.39 Å². The largest absolute Gasteiger partial charge is 0.383 e. The van der Waals surface area contributed by atoms with E-state index in [4.69, 9.17) is 4.74 Å². The minimum atomic E-state index is -0.319. The van der Waals surface area contributed by atoms with Gasteiger partial charge in [-0.2, -0.15) is 0 Å². The maximum atomic E-state index is 13.5. The Kier molecular flexibility index (Phi) is 8.86. The second-order valence-corrected chi connectivity index (χ2v) is 9.65. The lowest BCUT2D eigenvalue weighted by Crippen LogP contribution is -2.45. The third-order valence-corrected chi connectivity index (χ3v) is 6.99.